The summed E-state index contributed by atoms with van der Waals surface area (Å²) in [5.41, 5.74) is 2.72. The first-order valence-electron chi connectivity index (χ1n) is 7.86. The zero-order valence-electron chi connectivity index (χ0n) is 14.0. The molecule has 0 aliphatic rings. The molecule has 6 heteroatoms. The molecule has 25 heavy (non-hydrogen) atoms. The summed E-state index contributed by atoms with van der Waals surface area (Å²) < 4.78 is 1.99. The fourth-order valence-electron chi connectivity index (χ4n) is 2.52. The average molecular weight is 331 g/mol. The standard InChI is InChI=1S/C19H17N5O/c1-13(23-19(25)18-8-3-15(11-20)12-22-18)16-4-6-17(7-5-16)24-10-9-21-14(24)2/h3-10,12-13H,1-2H3,(H,23,25). The lowest BCUT2D eigenvalue weighted by atomic mass is 10.1. The highest BCUT2D eigenvalue weighted by atomic mass is 16.1. The predicted molar refractivity (Wildman–Crippen MR) is 93.1 cm³/mol. The molecule has 2 aromatic heterocycles. The van der Waals surface area contributed by atoms with Gasteiger partial charge in [0.2, 0.25) is 0 Å². The zero-order chi connectivity index (χ0) is 17.8. The zero-order valence-corrected chi connectivity index (χ0v) is 14.0. The number of carbonyl (C=O) groups is 1. The Morgan fingerprint density at radius 3 is 2.52 bits per heavy atom. The molecule has 1 unspecified atom stereocenters. The van der Waals surface area contributed by atoms with E-state index >= 15 is 0 Å². The second-order valence-corrected chi connectivity index (χ2v) is 5.68. The second kappa shape index (κ2) is 6.97. The molecule has 0 fully saturated rings. The Morgan fingerprint density at radius 2 is 1.96 bits per heavy atom. The second-order valence-electron chi connectivity index (χ2n) is 5.68. The van der Waals surface area contributed by atoms with E-state index in [1.807, 2.05) is 54.9 Å². The molecule has 1 N–H and O–H groups in total. The number of nitrogens with zero attached hydrogens (tertiary/aromatic N) is 4. The van der Waals surface area contributed by atoms with Gasteiger partial charge in [-0.1, -0.05) is 12.1 Å². The number of hydrogen-bond acceptors (Lipinski definition) is 4. The van der Waals surface area contributed by atoms with Crippen molar-refractivity contribution < 1.29 is 4.79 Å². The molecule has 0 radical (unpaired) electrons. The maximum atomic E-state index is 12.3. The van der Waals surface area contributed by atoms with Crippen LogP contribution in [0.2, 0.25) is 0 Å². The Kier molecular flexibility index (Phi) is 4.57. The van der Waals surface area contributed by atoms with Gasteiger partial charge in [-0.05, 0) is 43.7 Å². The van der Waals surface area contributed by atoms with Gasteiger partial charge in [0, 0.05) is 24.3 Å². The molecule has 0 saturated carbocycles. The first-order valence-corrected chi connectivity index (χ1v) is 7.86. The number of amides is 1. The number of pyridine rings is 1. The SMILES string of the molecule is Cc1nccn1-c1ccc(C(C)NC(=O)c2ccc(C#N)cn2)cc1. The summed E-state index contributed by atoms with van der Waals surface area (Å²) in [6.45, 7) is 3.86. The van der Waals surface area contributed by atoms with Gasteiger partial charge >= 0.3 is 0 Å². The van der Waals surface area contributed by atoms with Crippen molar-refractivity contribution in [2.45, 2.75) is 19.9 Å². The number of benzene rings is 1. The third-order valence-corrected chi connectivity index (χ3v) is 3.97. The van der Waals surface area contributed by atoms with Gasteiger partial charge in [-0.2, -0.15) is 5.26 Å². The molecule has 1 aromatic carbocycles. The molecular formula is C19H17N5O. The molecule has 3 aromatic rings. The van der Waals surface area contributed by atoms with Gasteiger partial charge in [0.15, 0.2) is 0 Å². The molecule has 3 rings (SSSR count). The minimum Gasteiger partial charge on any atom is -0.344 e. The lowest BCUT2D eigenvalue weighted by Gasteiger charge is -2.15. The highest BCUT2D eigenvalue weighted by Crippen LogP contribution is 2.17. The van der Waals surface area contributed by atoms with Gasteiger partial charge in [-0.15, -0.1) is 0 Å². The fraction of sp³-hybridized carbons (Fsp3) is 0.158. The molecule has 124 valence electrons. The highest BCUT2D eigenvalue weighted by molar-refractivity contribution is 5.92. The van der Waals surface area contributed by atoms with E-state index in [0.717, 1.165) is 17.1 Å². The van der Waals surface area contributed by atoms with Crippen molar-refractivity contribution in [2.24, 2.45) is 0 Å². The van der Waals surface area contributed by atoms with Gasteiger partial charge in [-0.25, -0.2) is 9.97 Å². The van der Waals surface area contributed by atoms with E-state index in [9.17, 15) is 4.79 Å². The van der Waals surface area contributed by atoms with Gasteiger partial charge in [0.25, 0.3) is 5.91 Å². The number of aromatic nitrogens is 3. The highest BCUT2D eigenvalue weighted by Gasteiger charge is 2.13. The van der Waals surface area contributed by atoms with Crippen LogP contribution >= 0.6 is 0 Å². The van der Waals surface area contributed by atoms with Crippen molar-refractivity contribution in [3.63, 3.8) is 0 Å². The summed E-state index contributed by atoms with van der Waals surface area (Å²) in [5.74, 6) is 0.646. The van der Waals surface area contributed by atoms with Gasteiger partial charge in [-0.3, -0.25) is 4.79 Å². The quantitative estimate of drug-likeness (QED) is 0.796. The summed E-state index contributed by atoms with van der Waals surface area (Å²) in [7, 11) is 0. The van der Waals surface area contributed by atoms with Crippen LogP contribution < -0.4 is 5.32 Å². The average Bonchev–Trinajstić information content (AvgIpc) is 3.07. The van der Waals surface area contributed by atoms with E-state index in [-0.39, 0.29) is 17.6 Å². The van der Waals surface area contributed by atoms with Crippen molar-refractivity contribution in [1.82, 2.24) is 19.9 Å². The largest absolute Gasteiger partial charge is 0.344 e. The number of nitrogens with one attached hydrogen (secondary N) is 1. The van der Waals surface area contributed by atoms with E-state index in [1.165, 1.54) is 6.20 Å². The van der Waals surface area contributed by atoms with Crippen LogP contribution in [0.25, 0.3) is 5.69 Å². The van der Waals surface area contributed by atoms with Crippen LogP contribution in [0.3, 0.4) is 0 Å². The lowest BCUT2D eigenvalue weighted by molar-refractivity contribution is 0.0935. The number of rotatable bonds is 4. The Morgan fingerprint density at radius 1 is 1.20 bits per heavy atom. The normalized spacial score (nSPS) is 11.6. The predicted octanol–water partition coefficient (Wildman–Crippen LogP) is 2.94. The van der Waals surface area contributed by atoms with Crippen LogP contribution in [0.5, 0.6) is 0 Å². The molecule has 2 heterocycles. The Labute approximate surface area is 145 Å². The minimum atomic E-state index is -0.272. The summed E-state index contributed by atoms with van der Waals surface area (Å²) >= 11 is 0. The van der Waals surface area contributed by atoms with Crippen molar-refractivity contribution >= 4 is 5.91 Å². The van der Waals surface area contributed by atoms with Crippen LogP contribution in [0.15, 0.2) is 55.0 Å². The summed E-state index contributed by atoms with van der Waals surface area (Å²) in [6, 6.07) is 12.9. The molecular weight excluding hydrogens is 314 g/mol. The first kappa shape index (κ1) is 16.4. The van der Waals surface area contributed by atoms with Crippen LogP contribution in [0.1, 0.15) is 40.4 Å². The monoisotopic (exact) mass is 331 g/mol. The topological polar surface area (TPSA) is 83.6 Å². The Hall–Kier alpha value is -3.46. The Balaban J connectivity index is 1.70. The van der Waals surface area contributed by atoms with Gasteiger partial charge in [0.05, 0.1) is 11.6 Å². The number of aryl methyl sites for hydroxylation is 1. The molecule has 0 saturated heterocycles. The van der Waals surface area contributed by atoms with E-state index in [4.69, 9.17) is 5.26 Å². The minimum absolute atomic E-state index is 0.164. The molecule has 0 aliphatic carbocycles. The number of imidazole rings is 1. The molecule has 1 atom stereocenters. The van der Waals surface area contributed by atoms with E-state index in [2.05, 4.69) is 15.3 Å². The molecule has 0 spiro atoms. The van der Waals surface area contributed by atoms with Gasteiger partial charge in [0.1, 0.15) is 17.6 Å². The van der Waals surface area contributed by atoms with E-state index < -0.39 is 0 Å². The Bertz CT molecular complexity index is 920. The number of hydrogen-bond donors (Lipinski definition) is 1. The summed E-state index contributed by atoms with van der Waals surface area (Å²) in [5, 5.41) is 11.7. The lowest BCUT2D eigenvalue weighted by Crippen LogP contribution is -2.27. The van der Waals surface area contributed by atoms with Crippen molar-refractivity contribution in [2.75, 3.05) is 0 Å². The van der Waals surface area contributed by atoms with Crippen molar-refractivity contribution in [3.8, 4) is 11.8 Å². The smallest absolute Gasteiger partial charge is 0.270 e. The molecule has 0 aliphatic heterocycles. The van der Waals surface area contributed by atoms with Gasteiger partial charge < -0.3 is 9.88 Å². The molecule has 6 nitrogen and oxygen atoms in total. The third-order valence-electron chi connectivity index (χ3n) is 3.97. The van der Waals surface area contributed by atoms with Crippen LogP contribution in [-0.4, -0.2) is 20.4 Å². The maximum absolute atomic E-state index is 12.3. The third kappa shape index (κ3) is 3.56. The van der Waals surface area contributed by atoms with Crippen LogP contribution in [0, 0.1) is 18.3 Å². The first-order chi connectivity index (χ1) is 12.1. The van der Waals surface area contributed by atoms with Crippen molar-refractivity contribution in [1.29, 1.82) is 5.26 Å². The summed E-state index contributed by atoms with van der Waals surface area (Å²) in [4.78, 5) is 20.5. The maximum Gasteiger partial charge on any atom is 0.270 e. The van der Waals surface area contributed by atoms with Crippen LogP contribution in [0.4, 0.5) is 0 Å². The van der Waals surface area contributed by atoms with E-state index in [0.29, 0.717) is 5.56 Å². The molecule has 1 amide bonds. The van der Waals surface area contributed by atoms with Crippen molar-refractivity contribution in [3.05, 3.63) is 77.6 Å². The number of nitriles is 1. The van der Waals surface area contributed by atoms with E-state index in [1.54, 1.807) is 18.3 Å². The number of carbonyl (C=O) groups excluding carboxylic acids is 1. The van der Waals surface area contributed by atoms with Crippen LogP contribution in [-0.2, 0) is 0 Å². The fourth-order valence-corrected chi connectivity index (χ4v) is 2.52. The summed E-state index contributed by atoms with van der Waals surface area (Å²) in [6.07, 6.45) is 5.06. The molecule has 0 bridgehead atoms.